The minimum atomic E-state index is -0.168. The first kappa shape index (κ1) is 17.7. The van der Waals surface area contributed by atoms with E-state index in [2.05, 4.69) is 36.5 Å². The molecular weight excluding hydrogens is 294 g/mol. The summed E-state index contributed by atoms with van der Waals surface area (Å²) in [6.07, 6.45) is 8.09. The maximum atomic E-state index is 12.6. The summed E-state index contributed by atoms with van der Waals surface area (Å²) in [6, 6.07) is 20.1. The molecule has 0 radical (unpaired) electrons. The summed E-state index contributed by atoms with van der Waals surface area (Å²) in [6.45, 7) is 4.58. The van der Waals surface area contributed by atoms with Gasteiger partial charge in [-0.3, -0.25) is 4.79 Å². The maximum absolute atomic E-state index is 12.6. The van der Waals surface area contributed by atoms with Gasteiger partial charge in [0.15, 0.2) is 0 Å². The van der Waals surface area contributed by atoms with Gasteiger partial charge in [-0.15, -0.1) is 0 Å². The van der Waals surface area contributed by atoms with E-state index in [1.807, 2.05) is 67.6 Å². The van der Waals surface area contributed by atoms with Crippen molar-refractivity contribution in [1.29, 1.82) is 0 Å². The van der Waals surface area contributed by atoms with Crippen LogP contribution in [-0.4, -0.2) is 5.91 Å². The number of rotatable bonds is 7. The largest absolute Gasteiger partial charge is 0.351 e. The lowest BCUT2D eigenvalue weighted by Gasteiger charge is -2.18. The van der Waals surface area contributed by atoms with Crippen molar-refractivity contribution in [3.05, 3.63) is 90.0 Å². The Hall–Kier alpha value is -2.61. The van der Waals surface area contributed by atoms with Crippen molar-refractivity contribution in [2.24, 2.45) is 11.8 Å². The van der Waals surface area contributed by atoms with Gasteiger partial charge in [0, 0.05) is 6.54 Å². The van der Waals surface area contributed by atoms with Crippen molar-refractivity contribution >= 4 is 12.0 Å². The average Bonchev–Trinajstić information content (AvgIpc) is 2.64. The Balaban J connectivity index is 1.99. The summed E-state index contributed by atoms with van der Waals surface area (Å²) in [5.74, 6) is 0.0121. The fraction of sp³-hybridized carbons (Fsp3) is 0.227. The minimum Gasteiger partial charge on any atom is -0.351 e. The molecule has 2 rings (SSSR count). The van der Waals surface area contributed by atoms with Crippen LogP contribution in [0.25, 0.3) is 6.08 Å². The summed E-state index contributed by atoms with van der Waals surface area (Å²) >= 11 is 0. The van der Waals surface area contributed by atoms with Crippen molar-refractivity contribution in [3.8, 4) is 0 Å². The molecule has 0 aromatic heterocycles. The lowest BCUT2D eigenvalue weighted by atomic mass is 9.91. The van der Waals surface area contributed by atoms with Gasteiger partial charge in [-0.25, -0.2) is 0 Å². The second-order valence-electron chi connectivity index (χ2n) is 5.88. The second-order valence-corrected chi connectivity index (χ2v) is 5.88. The van der Waals surface area contributed by atoms with Crippen LogP contribution in [0, 0.1) is 11.8 Å². The van der Waals surface area contributed by atoms with E-state index in [4.69, 9.17) is 0 Å². The molecule has 0 saturated heterocycles. The predicted molar refractivity (Wildman–Crippen MR) is 101 cm³/mol. The zero-order valence-electron chi connectivity index (χ0n) is 14.4. The lowest BCUT2D eigenvalue weighted by molar-refractivity contribution is -0.124. The lowest BCUT2D eigenvalue weighted by Crippen LogP contribution is -2.32. The second kappa shape index (κ2) is 9.51. The smallest absolute Gasteiger partial charge is 0.227 e. The van der Waals surface area contributed by atoms with E-state index in [1.165, 1.54) is 0 Å². The maximum Gasteiger partial charge on any atom is 0.227 e. The van der Waals surface area contributed by atoms with Crippen molar-refractivity contribution in [2.45, 2.75) is 20.4 Å². The number of hydrogen-bond donors (Lipinski definition) is 1. The first-order chi connectivity index (χ1) is 11.7. The van der Waals surface area contributed by atoms with Gasteiger partial charge in [0.25, 0.3) is 0 Å². The van der Waals surface area contributed by atoms with E-state index in [9.17, 15) is 4.79 Å². The highest BCUT2D eigenvalue weighted by Crippen LogP contribution is 2.17. The van der Waals surface area contributed by atoms with Gasteiger partial charge < -0.3 is 5.32 Å². The van der Waals surface area contributed by atoms with Crippen LogP contribution in [0.4, 0.5) is 0 Å². The fourth-order valence-electron chi connectivity index (χ4n) is 2.56. The summed E-state index contributed by atoms with van der Waals surface area (Å²) in [5, 5.41) is 3.04. The van der Waals surface area contributed by atoms with Crippen molar-refractivity contribution < 1.29 is 4.79 Å². The van der Waals surface area contributed by atoms with Crippen molar-refractivity contribution in [2.75, 3.05) is 0 Å². The van der Waals surface area contributed by atoms with Gasteiger partial charge in [0.1, 0.15) is 0 Å². The molecule has 2 nitrogen and oxygen atoms in total. The third-order valence-corrected chi connectivity index (χ3v) is 3.97. The minimum absolute atomic E-state index is 0.0576. The summed E-state index contributed by atoms with van der Waals surface area (Å²) < 4.78 is 0. The molecule has 0 aliphatic carbocycles. The Bertz CT molecular complexity index is 674. The molecule has 0 saturated carbocycles. The molecule has 1 N–H and O–H groups in total. The van der Waals surface area contributed by atoms with Gasteiger partial charge in [0.2, 0.25) is 5.91 Å². The molecule has 2 heteroatoms. The zero-order chi connectivity index (χ0) is 17.2. The van der Waals surface area contributed by atoms with Crippen molar-refractivity contribution in [1.82, 2.24) is 5.32 Å². The van der Waals surface area contributed by atoms with Crippen LogP contribution in [-0.2, 0) is 11.3 Å². The Morgan fingerprint density at radius 1 is 1.00 bits per heavy atom. The third kappa shape index (κ3) is 5.54. The van der Waals surface area contributed by atoms with Gasteiger partial charge in [-0.2, -0.15) is 0 Å². The van der Waals surface area contributed by atoms with E-state index in [-0.39, 0.29) is 17.7 Å². The van der Waals surface area contributed by atoms with Crippen LogP contribution in [0.15, 0.2) is 78.9 Å². The molecule has 124 valence electrons. The van der Waals surface area contributed by atoms with E-state index in [1.54, 1.807) is 0 Å². The SMILES string of the molecule is CC=CC(C(=O)NCc1ccccc1)[C@@H](C)/C=C/c1ccccc1. The molecule has 1 unspecified atom stereocenters. The molecule has 24 heavy (non-hydrogen) atoms. The molecule has 0 fully saturated rings. The topological polar surface area (TPSA) is 29.1 Å². The monoisotopic (exact) mass is 319 g/mol. The van der Waals surface area contributed by atoms with E-state index >= 15 is 0 Å². The molecule has 0 bridgehead atoms. The Labute approximate surface area is 144 Å². The van der Waals surface area contributed by atoms with Crippen molar-refractivity contribution in [3.63, 3.8) is 0 Å². The normalized spacial score (nSPS) is 13.9. The summed E-state index contributed by atoms with van der Waals surface area (Å²) in [4.78, 5) is 12.6. The third-order valence-electron chi connectivity index (χ3n) is 3.97. The van der Waals surface area contributed by atoms with Gasteiger partial charge in [-0.05, 0) is 24.0 Å². The fourth-order valence-corrected chi connectivity index (χ4v) is 2.56. The van der Waals surface area contributed by atoms with Crippen LogP contribution in [0.2, 0.25) is 0 Å². The molecule has 2 aromatic carbocycles. The standard InChI is InChI=1S/C22H25NO/c1-3-10-21(18(2)15-16-19-11-6-4-7-12-19)22(24)23-17-20-13-8-5-9-14-20/h3-16,18,21H,17H2,1-2H3,(H,23,24)/b10-3?,16-15+/t18-,21?/m0/s1. The number of allylic oxidation sites excluding steroid dienone is 2. The molecule has 0 aliphatic heterocycles. The number of carbonyl (C=O) groups excluding carboxylic acids is 1. The Morgan fingerprint density at radius 3 is 2.25 bits per heavy atom. The highest BCUT2D eigenvalue weighted by atomic mass is 16.1. The number of carbonyl (C=O) groups is 1. The molecule has 2 aromatic rings. The molecule has 0 heterocycles. The quantitative estimate of drug-likeness (QED) is 0.727. The van der Waals surface area contributed by atoms with E-state index < -0.39 is 0 Å². The van der Waals surface area contributed by atoms with Gasteiger partial charge in [-0.1, -0.05) is 91.9 Å². The van der Waals surface area contributed by atoms with Crippen LogP contribution < -0.4 is 5.32 Å². The first-order valence-corrected chi connectivity index (χ1v) is 8.38. The first-order valence-electron chi connectivity index (χ1n) is 8.38. The highest BCUT2D eigenvalue weighted by Gasteiger charge is 2.20. The molecule has 0 spiro atoms. The zero-order valence-corrected chi connectivity index (χ0v) is 14.4. The number of amides is 1. The van der Waals surface area contributed by atoms with Gasteiger partial charge >= 0.3 is 0 Å². The van der Waals surface area contributed by atoms with E-state index in [0.717, 1.165) is 11.1 Å². The Kier molecular flexibility index (Phi) is 7.03. The van der Waals surface area contributed by atoms with Crippen LogP contribution >= 0.6 is 0 Å². The number of benzene rings is 2. The van der Waals surface area contributed by atoms with Gasteiger partial charge in [0.05, 0.1) is 5.92 Å². The summed E-state index contributed by atoms with van der Waals surface area (Å²) in [5.41, 5.74) is 2.26. The molecule has 2 atom stereocenters. The number of hydrogen-bond acceptors (Lipinski definition) is 1. The molecule has 0 aliphatic rings. The summed E-state index contributed by atoms with van der Waals surface area (Å²) in [7, 11) is 0. The number of nitrogens with one attached hydrogen (secondary N) is 1. The average molecular weight is 319 g/mol. The predicted octanol–water partition coefficient (Wildman–Crippen LogP) is 4.84. The molecule has 1 amide bonds. The van der Waals surface area contributed by atoms with Crippen LogP contribution in [0.5, 0.6) is 0 Å². The van der Waals surface area contributed by atoms with E-state index in [0.29, 0.717) is 6.54 Å². The van der Waals surface area contributed by atoms with Crippen LogP contribution in [0.1, 0.15) is 25.0 Å². The Morgan fingerprint density at radius 2 is 1.62 bits per heavy atom. The highest BCUT2D eigenvalue weighted by molar-refractivity contribution is 5.81. The van der Waals surface area contributed by atoms with Crippen LogP contribution in [0.3, 0.4) is 0 Å². The molecular formula is C22H25NO.